The number of nitrogens with zero attached hydrogens (tertiary/aromatic N) is 3. The first-order valence-electron chi connectivity index (χ1n) is 6.37. The SMILES string of the molecule is Fc1cccc2c1ccn2Cc1nc(C2CC2)no1. The van der Waals surface area contributed by atoms with Crippen molar-refractivity contribution in [2.75, 3.05) is 0 Å². The van der Waals surface area contributed by atoms with Crippen molar-refractivity contribution in [3.8, 4) is 0 Å². The number of halogens is 1. The highest BCUT2D eigenvalue weighted by Gasteiger charge is 2.28. The van der Waals surface area contributed by atoms with Crippen molar-refractivity contribution in [2.24, 2.45) is 0 Å². The van der Waals surface area contributed by atoms with Gasteiger partial charge in [0.25, 0.3) is 0 Å². The first kappa shape index (κ1) is 10.7. The Bertz CT molecular complexity index is 742. The van der Waals surface area contributed by atoms with E-state index in [9.17, 15) is 4.39 Å². The van der Waals surface area contributed by atoms with Crippen LogP contribution in [0.25, 0.3) is 10.9 Å². The minimum atomic E-state index is -0.208. The molecule has 0 aliphatic heterocycles. The molecule has 0 atom stereocenters. The number of hydrogen-bond acceptors (Lipinski definition) is 3. The Morgan fingerprint density at radius 3 is 3.05 bits per heavy atom. The standard InChI is InChI=1S/C14H12FN3O/c15-11-2-1-3-12-10(11)6-7-18(12)8-13-16-14(17-19-13)9-4-5-9/h1-3,6-7,9H,4-5,8H2. The van der Waals surface area contributed by atoms with Crippen LogP contribution in [0.1, 0.15) is 30.5 Å². The number of fused-ring (bicyclic) bond motifs is 1. The Labute approximate surface area is 108 Å². The molecular formula is C14H12FN3O. The van der Waals surface area contributed by atoms with Crippen molar-refractivity contribution >= 4 is 10.9 Å². The van der Waals surface area contributed by atoms with E-state index < -0.39 is 0 Å². The molecule has 2 aromatic heterocycles. The molecule has 0 N–H and O–H groups in total. The lowest BCUT2D eigenvalue weighted by molar-refractivity contribution is 0.367. The molecule has 1 aromatic carbocycles. The van der Waals surface area contributed by atoms with Gasteiger partial charge in [0.2, 0.25) is 5.89 Å². The Morgan fingerprint density at radius 2 is 2.21 bits per heavy atom. The first-order valence-corrected chi connectivity index (χ1v) is 6.37. The van der Waals surface area contributed by atoms with Gasteiger partial charge in [0, 0.05) is 17.5 Å². The highest BCUT2D eigenvalue weighted by Crippen LogP contribution is 2.38. The van der Waals surface area contributed by atoms with Gasteiger partial charge in [-0.3, -0.25) is 0 Å². The van der Waals surface area contributed by atoms with Crippen LogP contribution >= 0.6 is 0 Å². The molecule has 0 amide bonds. The molecule has 1 saturated carbocycles. The van der Waals surface area contributed by atoms with Crippen LogP contribution < -0.4 is 0 Å². The molecule has 3 aromatic rings. The topological polar surface area (TPSA) is 43.9 Å². The summed E-state index contributed by atoms with van der Waals surface area (Å²) in [6, 6.07) is 6.82. The molecule has 1 aliphatic rings. The number of aromatic nitrogens is 3. The molecule has 1 aliphatic carbocycles. The van der Waals surface area contributed by atoms with E-state index in [0.717, 1.165) is 24.2 Å². The second-order valence-corrected chi connectivity index (χ2v) is 4.94. The molecule has 0 radical (unpaired) electrons. The molecule has 0 spiro atoms. The average molecular weight is 257 g/mol. The summed E-state index contributed by atoms with van der Waals surface area (Å²) in [6.07, 6.45) is 4.14. The van der Waals surface area contributed by atoms with E-state index in [-0.39, 0.29) is 5.82 Å². The molecule has 96 valence electrons. The summed E-state index contributed by atoms with van der Waals surface area (Å²) < 4.78 is 20.8. The largest absolute Gasteiger partial charge is 0.338 e. The van der Waals surface area contributed by atoms with Crippen molar-refractivity contribution in [1.82, 2.24) is 14.7 Å². The zero-order chi connectivity index (χ0) is 12.8. The fourth-order valence-corrected chi connectivity index (χ4v) is 2.31. The van der Waals surface area contributed by atoms with Crippen LogP contribution in [0, 0.1) is 5.82 Å². The Morgan fingerprint density at radius 1 is 1.32 bits per heavy atom. The lowest BCUT2D eigenvalue weighted by Gasteiger charge is -2.01. The van der Waals surface area contributed by atoms with Crippen LogP contribution in [-0.4, -0.2) is 14.7 Å². The third-order valence-corrected chi connectivity index (χ3v) is 3.49. The quantitative estimate of drug-likeness (QED) is 0.724. The molecule has 4 rings (SSSR count). The molecular weight excluding hydrogens is 245 g/mol. The molecule has 19 heavy (non-hydrogen) atoms. The van der Waals surface area contributed by atoms with Gasteiger partial charge in [0.1, 0.15) is 12.4 Å². The monoisotopic (exact) mass is 257 g/mol. The molecule has 5 heteroatoms. The first-order chi connectivity index (χ1) is 9.31. The van der Waals surface area contributed by atoms with Crippen molar-refractivity contribution in [2.45, 2.75) is 25.3 Å². The van der Waals surface area contributed by atoms with Gasteiger partial charge in [0.15, 0.2) is 5.82 Å². The molecule has 1 fully saturated rings. The summed E-state index contributed by atoms with van der Waals surface area (Å²) in [7, 11) is 0. The van der Waals surface area contributed by atoms with Crippen molar-refractivity contribution in [3.05, 3.63) is 48.0 Å². The van der Waals surface area contributed by atoms with E-state index >= 15 is 0 Å². The maximum Gasteiger partial charge on any atom is 0.246 e. The van der Waals surface area contributed by atoms with Crippen molar-refractivity contribution < 1.29 is 8.91 Å². The van der Waals surface area contributed by atoms with Crippen molar-refractivity contribution in [3.63, 3.8) is 0 Å². The predicted molar refractivity (Wildman–Crippen MR) is 67.3 cm³/mol. The predicted octanol–water partition coefficient (Wildman–Crippen LogP) is 3.09. The maximum atomic E-state index is 13.6. The molecule has 4 nitrogen and oxygen atoms in total. The van der Waals surface area contributed by atoms with Crippen LogP contribution in [0.5, 0.6) is 0 Å². The van der Waals surface area contributed by atoms with E-state index in [0.29, 0.717) is 23.7 Å². The van der Waals surface area contributed by atoms with Crippen molar-refractivity contribution in [1.29, 1.82) is 0 Å². The molecule has 0 bridgehead atoms. The third kappa shape index (κ3) is 1.82. The van der Waals surface area contributed by atoms with E-state index in [1.807, 2.05) is 16.8 Å². The average Bonchev–Trinajstić information content (AvgIpc) is 3.02. The second-order valence-electron chi connectivity index (χ2n) is 4.94. The van der Waals surface area contributed by atoms with E-state index in [1.165, 1.54) is 6.07 Å². The number of rotatable bonds is 3. The summed E-state index contributed by atoms with van der Waals surface area (Å²) >= 11 is 0. The van der Waals surface area contributed by atoms with Gasteiger partial charge in [0.05, 0.1) is 5.52 Å². The summed E-state index contributed by atoms with van der Waals surface area (Å²) in [5, 5.41) is 4.60. The zero-order valence-electron chi connectivity index (χ0n) is 10.2. The lowest BCUT2D eigenvalue weighted by atomic mass is 10.2. The minimum Gasteiger partial charge on any atom is -0.338 e. The van der Waals surface area contributed by atoms with Gasteiger partial charge >= 0.3 is 0 Å². The summed E-state index contributed by atoms with van der Waals surface area (Å²) in [5.41, 5.74) is 0.839. The third-order valence-electron chi connectivity index (χ3n) is 3.49. The molecule has 0 saturated heterocycles. The van der Waals surface area contributed by atoms with Gasteiger partial charge in [-0.1, -0.05) is 11.2 Å². The minimum absolute atomic E-state index is 0.208. The van der Waals surface area contributed by atoms with E-state index in [4.69, 9.17) is 4.52 Å². The maximum absolute atomic E-state index is 13.6. The lowest BCUT2D eigenvalue weighted by Crippen LogP contribution is -1.98. The van der Waals surface area contributed by atoms with Crippen LogP contribution in [0.2, 0.25) is 0 Å². The highest BCUT2D eigenvalue weighted by atomic mass is 19.1. The number of benzene rings is 1. The summed E-state index contributed by atoms with van der Waals surface area (Å²) in [5.74, 6) is 1.65. The fraction of sp³-hybridized carbons (Fsp3) is 0.286. The normalized spacial score (nSPS) is 15.2. The Balaban J connectivity index is 1.68. The zero-order valence-corrected chi connectivity index (χ0v) is 10.2. The van der Waals surface area contributed by atoms with Gasteiger partial charge < -0.3 is 9.09 Å². The van der Waals surface area contributed by atoms with Crippen LogP contribution in [-0.2, 0) is 6.54 Å². The van der Waals surface area contributed by atoms with Crippen LogP contribution in [0.3, 0.4) is 0 Å². The van der Waals surface area contributed by atoms with Crippen LogP contribution in [0.4, 0.5) is 4.39 Å². The van der Waals surface area contributed by atoms with E-state index in [1.54, 1.807) is 12.1 Å². The fourth-order valence-electron chi connectivity index (χ4n) is 2.31. The molecule has 2 heterocycles. The van der Waals surface area contributed by atoms with Gasteiger partial charge in [-0.05, 0) is 31.0 Å². The molecule has 0 unspecified atom stereocenters. The van der Waals surface area contributed by atoms with Gasteiger partial charge in [-0.15, -0.1) is 0 Å². The summed E-state index contributed by atoms with van der Waals surface area (Å²) in [6.45, 7) is 0.479. The number of hydrogen-bond donors (Lipinski definition) is 0. The van der Waals surface area contributed by atoms with Gasteiger partial charge in [-0.2, -0.15) is 4.98 Å². The smallest absolute Gasteiger partial charge is 0.246 e. The van der Waals surface area contributed by atoms with Gasteiger partial charge in [-0.25, -0.2) is 4.39 Å². The van der Waals surface area contributed by atoms with E-state index in [2.05, 4.69) is 10.1 Å². The highest BCUT2D eigenvalue weighted by molar-refractivity contribution is 5.80. The second kappa shape index (κ2) is 3.91. The van der Waals surface area contributed by atoms with Crippen LogP contribution in [0.15, 0.2) is 35.0 Å². The Hall–Kier alpha value is -2.17. The summed E-state index contributed by atoms with van der Waals surface area (Å²) in [4.78, 5) is 4.38. The Kier molecular flexibility index (Phi) is 2.21.